The molecule has 29 heavy (non-hydrogen) atoms. The van der Waals surface area contributed by atoms with Crippen molar-refractivity contribution in [3.63, 3.8) is 0 Å². The molecule has 1 unspecified atom stereocenters. The lowest BCUT2D eigenvalue weighted by atomic mass is 9.94. The monoisotopic (exact) mass is 454 g/mol. The van der Waals surface area contributed by atoms with Crippen LogP contribution in [0.2, 0.25) is 0 Å². The fraction of sp³-hybridized carbons (Fsp3) is 1.00. The highest BCUT2D eigenvalue weighted by atomic mass is 19.4. The average Bonchev–Trinajstić information content (AvgIpc) is 2.60. The summed E-state index contributed by atoms with van der Waals surface area (Å²) in [6.07, 6.45) is -7.53. The van der Waals surface area contributed by atoms with Crippen LogP contribution < -0.4 is 0 Å². The van der Waals surface area contributed by atoms with Crippen LogP contribution in [0, 0.1) is 0 Å². The molecule has 1 heterocycles. The summed E-state index contributed by atoms with van der Waals surface area (Å²) in [4.78, 5) is 0. The Balaban J connectivity index is 2.49. The van der Waals surface area contributed by atoms with Crippen molar-refractivity contribution in [2.24, 2.45) is 0 Å². The molecule has 2 nitrogen and oxygen atoms in total. The van der Waals surface area contributed by atoms with Gasteiger partial charge in [0.15, 0.2) is 0 Å². The summed E-state index contributed by atoms with van der Waals surface area (Å²) < 4.78 is 152. The molecule has 1 aliphatic heterocycles. The maximum Gasteiger partial charge on any atom is 0.460 e. The number of alkyl halides is 11. The van der Waals surface area contributed by atoms with Crippen LogP contribution in [0.4, 0.5) is 48.3 Å². The summed E-state index contributed by atoms with van der Waals surface area (Å²) in [5.74, 6) is -27.3. The van der Waals surface area contributed by atoms with E-state index in [1.165, 1.54) is 0 Å². The minimum absolute atomic E-state index is 0.0319. The topological polar surface area (TPSA) is 18.5 Å². The molecule has 0 amide bonds. The van der Waals surface area contributed by atoms with Gasteiger partial charge in [0.2, 0.25) is 0 Å². The molecule has 0 spiro atoms. The largest absolute Gasteiger partial charge is 0.460 e. The summed E-state index contributed by atoms with van der Waals surface area (Å²) in [7, 11) is 0. The molecule has 0 aromatic heterocycles. The second-order valence-corrected chi connectivity index (χ2v) is 6.80. The van der Waals surface area contributed by atoms with E-state index in [4.69, 9.17) is 9.47 Å². The van der Waals surface area contributed by atoms with Crippen LogP contribution in [0.15, 0.2) is 0 Å². The summed E-state index contributed by atoms with van der Waals surface area (Å²) in [6.45, 7) is 0.840. The molecular weight excluding hydrogens is 433 g/mol. The summed E-state index contributed by atoms with van der Waals surface area (Å²) in [6, 6.07) is 0. The van der Waals surface area contributed by atoms with Gasteiger partial charge in [0.1, 0.15) is 0 Å². The van der Waals surface area contributed by atoms with Gasteiger partial charge in [0.25, 0.3) is 0 Å². The van der Waals surface area contributed by atoms with Crippen molar-refractivity contribution in [3.05, 3.63) is 0 Å². The zero-order chi connectivity index (χ0) is 22.6. The van der Waals surface area contributed by atoms with Crippen LogP contribution in [-0.2, 0) is 9.47 Å². The summed E-state index contributed by atoms with van der Waals surface area (Å²) >= 11 is 0. The number of ether oxygens (including phenoxy) is 2. The van der Waals surface area contributed by atoms with Crippen LogP contribution in [0.1, 0.15) is 44.9 Å². The van der Waals surface area contributed by atoms with Crippen LogP contribution >= 0.6 is 0 Å². The lowest BCUT2D eigenvalue weighted by Crippen LogP contribution is -2.66. The standard InChI is InChI=1S/C16H21F11O2/c17-12(18,13(19,20)14(21,22)15(23,24)16(25,26)27)7-3-1-4-8-28-10-11-6-2-5-9-29-11/h11H,1-10H2. The van der Waals surface area contributed by atoms with Crippen LogP contribution in [0.25, 0.3) is 0 Å². The molecule has 0 saturated carbocycles. The van der Waals surface area contributed by atoms with Gasteiger partial charge in [0.05, 0.1) is 12.7 Å². The van der Waals surface area contributed by atoms with E-state index in [-0.39, 0.29) is 32.2 Å². The second-order valence-electron chi connectivity index (χ2n) is 6.80. The summed E-state index contributed by atoms with van der Waals surface area (Å²) in [5, 5.41) is 0. The van der Waals surface area contributed by atoms with E-state index in [0.717, 1.165) is 19.3 Å². The minimum atomic E-state index is -7.33. The first kappa shape index (κ1) is 26.2. The first-order chi connectivity index (χ1) is 13.1. The highest BCUT2D eigenvalue weighted by Crippen LogP contribution is 2.58. The van der Waals surface area contributed by atoms with Gasteiger partial charge in [-0.2, -0.15) is 48.3 Å². The van der Waals surface area contributed by atoms with Crippen molar-refractivity contribution in [2.75, 3.05) is 19.8 Å². The molecular formula is C16H21F11O2. The molecule has 1 aliphatic rings. The van der Waals surface area contributed by atoms with Crippen LogP contribution in [0.3, 0.4) is 0 Å². The van der Waals surface area contributed by atoms with Gasteiger partial charge in [-0.25, -0.2) is 0 Å². The number of hydrogen-bond acceptors (Lipinski definition) is 2. The minimum Gasteiger partial charge on any atom is -0.379 e. The SMILES string of the molecule is FC(F)(F)C(F)(F)C(F)(F)C(F)(F)C(F)(F)CCCCCOCC1CCCCO1. The Morgan fingerprint density at radius 1 is 0.724 bits per heavy atom. The van der Waals surface area contributed by atoms with E-state index in [9.17, 15) is 48.3 Å². The van der Waals surface area contributed by atoms with Crippen molar-refractivity contribution >= 4 is 0 Å². The van der Waals surface area contributed by atoms with Gasteiger partial charge < -0.3 is 9.47 Å². The Morgan fingerprint density at radius 2 is 1.34 bits per heavy atom. The first-order valence-corrected chi connectivity index (χ1v) is 8.85. The Bertz CT molecular complexity index is 500. The van der Waals surface area contributed by atoms with E-state index in [1.807, 2.05) is 0 Å². The zero-order valence-corrected chi connectivity index (χ0v) is 15.1. The van der Waals surface area contributed by atoms with Gasteiger partial charge >= 0.3 is 29.9 Å². The lowest BCUT2D eigenvalue weighted by Gasteiger charge is -2.37. The van der Waals surface area contributed by atoms with E-state index >= 15 is 0 Å². The third-order valence-electron chi connectivity index (χ3n) is 4.46. The summed E-state index contributed by atoms with van der Waals surface area (Å²) in [5.41, 5.74) is 0. The molecule has 174 valence electrons. The number of unbranched alkanes of at least 4 members (excludes halogenated alkanes) is 2. The van der Waals surface area contributed by atoms with Crippen LogP contribution in [-0.4, -0.2) is 55.8 Å². The van der Waals surface area contributed by atoms with Gasteiger partial charge in [-0.3, -0.25) is 0 Å². The van der Waals surface area contributed by atoms with Gasteiger partial charge in [-0.1, -0.05) is 6.42 Å². The molecule has 0 bridgehead atoms. The fourth-order valence-corrected chi connectivity index (χ4v) is 2.64. The van der Waals surface area contributed by atoms with E-state index in [1.54, 1.807) is 0 Å². The second kappa shape index (κ2) is 9.52. The number of hydrogen-bond donors (Lipinski definition) is 0. The maximum atomic E-state index is 13.5. The Morgan fingerprint density at radius 3 is 1.86 bits per heavy atom. The number of rotatable bonds is 11. The fourth-order valence-electron chi connectivity index (χ4n) is 2.64. The molecule has 0 radical (unpaired) electrons. The van der Waals surface area contributed by atoms with Crippen molar-refractivity contribution in [2.45, 2.75) is 80.9 Å². The number of halogens is 11. The van der Waals surface area contributed by atoms with Crippen molar-refractivity contribution in [1.29, 1.82) is 0 Å². The van der Waals surface area contributed by atoms with Crippen molar-refractivity contribution in [1.82, 2.24) is 0 Å². The molecule has 1 atom stereocenters. The highest BCUT2D eigenvalue weighted by Gasteiger charge is 2.86. The predicted molar refractivity (Wildman–Crippen MR) is 78.7 cm³/mol. The molecule has 0 aliphatic carbocycles. The molecule has 0 N–H and O–H groups in total. The molecule has 0 aromatic carbocycles. The Hall–Kier alpha value is -0.850. The third kappa shape index (κ3) is 5.86. The van der Waals surface area contributed by atoms with Gasteiger partial charge in [-0.05, 0) is 32.1 Å². The van der Waals surface area contributed by atoms with Crippen molar-refractivity contribution < 1.29 is 57.8 Å². The lowest BCUT2D eigenvalue weighted by molar-refractivity contribution is -0.422. The first-order valence-electron chi connectivity index (χ1n) is 8.85. The molecule has 0 aromatic rings. The van der Waals surface area contributed by atoms with Gasteiger partial charge in [-0.15, -0.1) is 0 Å². The van der Waals surface area contributed by atoms with E-state index in [0.29, 0.717) is 6.61 Å². The van der Waals surface area contributed by atoms with Gasteiger partial charge in [0, 0.05) is 19.6 Å². The Labute approximate surface area is 159 Å². The molecule has 1 rings (SSSR count). The third-order valence-corrected chi connectivity index (χ3v) is 4.46. The molecule has 1 fully saturated rings. The van der Waals surface area contributed by atoms with Crippen molar-refractivity contribution in [3.8, 4) is 0 Å². The Kier molecular flexibility index (Phi) is 8.60. The van der Waals surface area contributed by atoms with E-state index < -0.39 is 42.7 Å². The maximum absolute atomic E-state index is 13.5. The normalized spacial score (nSPS) is 20.2. The average molecular weight is 454 g/mol. The zero-order valence-electron chi connectivity index (χ0n) is 15.1. The molecule has 13 heteroatoms. The smallest absolute Gasteiger partial charge is 0.379 e. The quantitative estimate of drug-likeness (QED) is 0.272. The van der Waals surface area contributed by atoms with E-state index in [2.05, 4.69) is 0 Å². The molecule has 1 saturated heterocycles. The predicted octanol–water partition coefficient (Wildman–Crippen LogP) is 6.24. The van der Waals surface area contributed by atoms with Crippen LogP contribution in [0.5, 0.6) is 0 Å². The highest BCUT2D eigenvalue weighted by molar-refractivity contribution is 5.06.